The fourth-order valence-electron chi connectivity index (χ4n) is 2.84. The first-order valence-corrected chi connectivity index (χ1v) is 8.10. The maximum Gasteiger partial charge on any atom is 0.226 e. The molecule has 0 spiro atoms. The summed E-state index contributed by atoms with van der Waals surface area (Å²) in [5.41, 5.74) is 7.49. The van der Waals surface area contributed by atoms with Gasteiger partial charge in [-0.25, -0.2) is 4.98 Å². The average molecular weight is 378 g/mol. The quantitative estimate of drug-likeness (QED) is 0.838. The van der Waals surface area contributed by atoms with Gasteiger partial charge in [0.2, 0.25) is 5.91 Å². The zero-order valence-electron chi connectivity index (χ0n) is 12.6. The molecule has 0 saturated heterocycles. The summed E-state index contributed by atoms with van der Waals surface area (Å²) in [6.45, 7) is 0.645. The standard InChI is InChI=1S/C15H19N3O2S.2ClH/c16-7-10-2-1-3-13(10)18-14(19)6-12-9-21-15(17-12)11-4-5-20-8-11;;/h4-5,8-10,13H,1-3,6-7,16H2,(H,18,19);2*1H. The van der Waals surface area contributed by atoms with Gasteiger partial charge in [0.1, 0.15) is 11.3 Å². The minimum Gasteiger partial charge on any atom is -0.472 e. The molecule has 2 aromatic rings. The van der Waals surface area contributed by atoms with Crippen molar-refractivity contribution in [2.45, 2.75) is 31.7 Å². The molecule has 0 aromatic carbocycles. The Morgan fingerprint density at radius 2 is 2.26 bits per heavy atom. The molecule has 23 heavy (non-hydrogen) atoms. The van der Waals surface area contributed by atoms with Gasteiger partial charge in [0.15, 0.2) is 0 Å². The van der Waals surface area contributed by atoms with E-state index in [-0.39, 0.29) is 36.8 Å². The predicted molar refractivity (Wildman–Crippen MR) is 96.3 cm³/mol. The van der Waals surface area contributed by atoms with Crippen LogP contribution in [0.4, 0.5) is 0 Å². The van der Waals surface area contributed by atoms with Gasteiger partial charge >= 0.3 is 0 Å². The van der Waals surface area contributed by atoms with Crippen molar-refractivity contribution in [1.29, 1.82) is 0 Å². The topological polar surface area (TPSA) is 81.1 Å². The summed E-state index contributed by atoms with van der Waals surface area (Å²) in [4.78, 5) is 16.6. The van der Waals surface area contributed by atoms with Crippen LogP contribution in [0.3, 0.4) is 0 Å². The number of furan rings is 1. The van der Waals surface area contributed by atoms with Crippen molar-refractivity contribution in [1.82, 2.24) is 10.3 Å². The molecule has 2 heterocycles. The second-order valence-corrected chi connectivity index (χ2v) is 6.29. The van der Waals surface area contributed by atoms with Crippen molar-refractivity contribution >= 4 is 42.1 Å². The summed E-state index contributed by atoms with van der Waals surface area (Å²) >= 11 is 1.53. The number of rotatable bonds is 5. The number of thiazole rings is 1. The number of hydrogen-bond acceptors (Lipinski definition) is 5. The Morgan fingerprint density at radius 1 is 1.43 bits per heavy atom. The molecule has 1 amide bonds. The van der Waals surface area contributed by atoms with Gasteiger partial charge in [-0.2, -0.15) is 0 Å². The monoisotopic (exact) mass is 377 g/mol. The first-order chi connectivity index (χ1) is 10.3. The Bertz CT molecular complexity index is 604. The van der Waals surface area contributed by atoms with Crippen molar-refractivity contribution in [2.24, 2.45) is 11.7 Å². The lowest BCUT2D eigenvalue weighted by Gasteiger charge is -2.19. The molecule has 1 aliphatic rings. The van der Waals surface area contributed by atoms with Gasteiger partial charge < -0.3 is 15.5 Å². The van der Waals surface area contributed by atoms with Crippen LogP contribution in [0.25, 0.3) is 10.6 Å². The number of nitrogens with zero attached hydrogens (tertiary/aromatic N) is 1. The lowest BCUT2D eigenvalue weighted by molar-refractivity contribution is -0.121. The first-order valence-electron chi connectivity index (χ1n) is 7.22. The minimum absolute atomic E-state index is 0. The highest BCUT2D eigenvalue weighted by Crippen LogP contribution is 2.26. The van der Waals surface area contributed by atoms with Crippen molar-refractivity contribution in [3.8, 4) is 10.6 Å². The van der Waals surface area contributed by atoms with E-state index in [9.17, 15) is 4.79 Å². The third kappa shape index (κ3) is 4.94. The van der Waals surface area contributed by atoms with E-state index < -0.39 is 0 Å². The van der Waals surface area contributed by atoms with Crippen molar-refractivity contribution in [3.63, 3.8) is 0 Å². The Morgan fingerprint density at radius 3 is 2.96 bits per heavy atom. The van der Waals surface area contributed by atoms with Gasteiger partial charge in [-0.15, -0.1) is 36.2 Å². The van der Waals surface area contributed by atoms with Crippen LogP contribution in [0.1, 0.15) is 25.0 Å². The van der Waals surface area contributed by atoms with Gasteiger partial charge in [0.25, 0.3) is 0 Å². The van der Waals surface area contributed by atoms with E-state index in [0.717, 1.165) is 35.5 Å². The zero-order chi connectivity index (χ0) is 14.7. The molecule has 5 nitrogen and oxygen atoms in total. The lowest BCUT2D eigenvalue weighted by Crippen LogP contribution is -2.40. The summed E-state index contributed by atoms with van der Waals surface area (Å²) in [6.07, 6.45) is 6.90. The van der Waals surface area contributed by atoms with E-state index in [2.05, 4.69) is 10.3 Å². The van der Waals surface area contributed by atoms with E-state index in [1.807, 2.05) is 11.4 Å². The third-order valence-corrected chi connectivity index (χ3v) is 4.91. The number of hydrogen-bond donors (Lipinski definition) is 2. The number of nitrogens with one attached hydrogen (secondary N) is 1. The van der Waals surface area contributed by atoms with Crippen LogP contribution >= 0.6 is 36.2 Å². The maximum atomic E-state index is 12.1. The van der Waals surface area contributed by atoms with E-state index in [1.54, 1.807) is 12.5 Å². The minimum atomic E-state index is 0. The molecule has 0 aliphatic heterocycles. The van der Waals surface area contributed by atoms with Crippen LogP contribution in [0.5, 0.6) is 0 Å². The highest BCUT2D eigenvalue weighted by atomic mass is 35.5. The Hall–Kier alpha value is -1.08. The van der Waals surface area contributed by atoms with Gasteiger partial charge in [0, 0.05) is 17.0 Å². The fraction of sp³-hybridized carbons (Fsp3) is 0.467. The summed E-state index contributed by atoms with van der Waals surface area (Å²) in [6, 6.07) is 2.10. The smallest absolute Gasteiger partial charge is 0.226 e. The third-order valence-electron chi connectivity index (χ3n) is 3.97. The second kappa shape index (κ2) is 9.27. The molecule has 2 atom stereocenters. The summed E-state index contributed by atoms with van der Waals surface area (Å²) in [5, 5.41) is 5.91. The lowest BCUT2D eigenvalue weighted by atomic mass is 10.0. The van der Waals surface area contributed by atoms with Crippen molar-refractivity contribution in [2.75, 3.05) is 6.54 Å². The second-order valence-electron chi connectivity index (χ2n) is 5.43. The SMILES string of the molecule is Cl.Cl.NCC1CCCC1NC(=O)Cc1csc(-c2ccoc2)n1. The van der Waals surface area contributed by atoms with Crippen LogP contribution < -0.4 is 11.1 Å². The fourth-order valence-corrected chi connectivity index (χ4v) is 3.64. The average Bonchev–Trinajstić information content (AvgIpc) is 3.19. The number of amides is 1. The van der Waals surface area contributed by atoms with Crippen molar-refractivity contribution < 1.29 is 9.21 Å². The molecule has 1 saturated carbocycles. The molecule has 1 fully saturated rings. The molecule has 0 radical (unpaired) electrons. The normalized spacial score (nSPS) is 19.7. The molecular weight excluding hydrogens is 357 g/mol. The molecule has 3 N–H and O–H groups in total. The highest BCUT2D eigenvalue weighted by molar-refractivity contribution is 7.13. The Kier molecular flexibility index (Phi) is 8.05. The van der Waals surface area contributed by atoms with Crippen LogP contribution in [-0.4, -0.2) is 23.5 Å². The van der Waals surface area contributed by atoms with E-state index >= 15 is 0 Å². The van der Waals surface area contributed by atoms with Crippen LogP contribution in [0.15, 0.2) is 28.4 Å². The van der Waals surface area contributed by atoms with Gasteiger partial charge in [0.05, 0.1) is 18.4 Å². The molecule has 8 heteroatoms. The van der Waals surface area contributed by atoms with Crippen LogP contribution in [0.2, 0.25) is 0 Å². The highest BCUT2D eigenvalue weighted by Gasteiger charge is 2.27. The number of carbonyl (C=O) groups is 1. The maximum absolute atomic E-state index is 12.1. The Labute approximate surface area is 151 Å². The number of aromatic nitrogens is 1. The van der Waals surface area contributed by atoms with E-state index in [4.69, 9.17) is 10.2 Å². The molecule has 3 rings (SSSR count). The molecule has 1 aliphatic carbocycles. The number of halogens is 2. The summed E-state index contributed by atoms with van der Waals surface area (Å²) in [5.74, 6) is 0.454. The van der Waals surface area contributed by atoms with Gasteiger partial charge in [-0.3, -0.25) is 4.79 Å². The molecule has 2 unspecified atom stereocenters. The summed E-state index contributed by atoms with van der Waals surface area (Å²) < 4.78 is 5.05. The zero-order valence-corrected chi connectivity index (χ0v) is 15.0. The van der Waals surface area contributed by atoms with Crippen molar-refractivity contribution in [3.05, 3.63) is 29.7 Å². The largest absolute Gasteiger partial charge is 0.472 e. The molecular formula is C15H21Cl2N3O2S. The first kappa shape index (κ1) is 20.0. The molecule has 0 bridgehead atoms. The van der Waals surface area contributed by atoms with Gasteiger partial charge in [-0.1, -0.05) is 6.42 Å². The van der Waals surface area contributed by atoms with E-state index in [1.165, 1.54) is 11.3 Å². The molecule has 128 valence electrons. The summed E-state index contributed by atoms with van der Waals surface area (Å²) in [7, 11) is 0. The Balaban J connectivity index is 0.00000132. The molecule has 2 aromatic heterocycles. The van der Waals surface area contributed by atoms with Crippen LogP contribution in [-0.2, 0) is 11.2 Å². The number of carbonyl (C=O) groups excluding carboxylic acids is 1. The predicted octanol–water partition coefficient (Wildman–Crippen LogP) is 3.03. The number of nitrogens with two attached hydrogens (primary N) is 1. The van der Waals surface area contributed by atoms with Crippen LogP contribution in [0, 0.1) is 5.92 Å². The van der Waals surface area contributed by atoms with E-state index in [0.29, 0.717) is 18.9 Å². The van der Waals surface area contributed by atoms with Gasteiger partial charge in [-0.05, 0) is 31.4 Å².